The van der Waals surface area contributed by atoms with E-state index in [1.807, 2.05) is 18.3 Å². The number of aliphatic imine (C=N–C) groups is 1. The van der Waals surface area contributed by atoms with Gasteiger partial charge in [0.25, 0.3) is 0 Å². The molecule has 0 radical (unpaired) electrons. The standard InChI is InChI=1S/C22H26BrFN4OS/c1-22(13-30(3,29)28(2)21(25)27-22)18-10-14(7-8-19(18)24)9-15-5-4-6-16-11-17(23)12-26-20(15)16/h7-8,10-12,15H,3-6,9,13H2,1-2H3,(H2,25,27)/t15-,22+,30?/m1/s1. The van der Waals surface area contributed by atoms with E-state index in [9.17, 15) is 8.60 Å². The highest BCUT2D eigenvalue weighted by molar-refractivity contribution is 9.10. The highest BCUT2D eigenvalue weighted by atomic mass is 79.9. The maximum atomic E-state index is 14.9. The zero-order valence-electron chi connectivity index (χ0n) is 17.2. The molecule has 0 amide bonds. The summed E-state index contributed by atoms with van der Waals surface area (Å²) in [4.78, 5) is 9.17. The molecule has 5 nitrogen and oxygen atoms in total. The number of nitrogens with zero attached hydrogens (tertiary/aromatic N) is 3. The highest BCUT2D eigenvalue weighted by Gasteiger charge is 2.39. The van der Waals surface area contributed by atoms with Crippen LogP contribution in [0, 0.1) is 5.82 Å². The molecule has 0 saturated carbocycles. The Morgan fingerprint density at radius 1 is 1.43 bits per heavy atom. The molecule has 2 heterocycles. The quantitative estimate of drug-likeness (QED) is 0.663. The molecule has 2 aliphatic rings. The summed E-state index contributed by atoms with van der Waals surface area (Å²) in [5.74, 6) is 3.96. The summed E-state index contributed by atoms with van der Waals surface area (Å²) < 4.78 is 30.2. The summed E-state index contributed by atoms with van der Waals surface area (Å²) >= 11 is 3.50. The normalized spacial score (nSPS) is 28.7. The van der Waals surface area contributed by atoms with E-state index in [2.05, 4.69) is 37.8 Å². The minimum absolute atomic E-state index is 0.111. The van der Waals surface area contributed by atoms with Crippen LogP contribution in [-0.4, -0.2) is 38.1 Å². The first-order chi connectivity index (χ1) is 14.1. The van der Waals surface area contributed by atoms with Gasteiger partial charge in [-0.3, -0.25) is 9.29 Å². The van der Waals surface area contributed by atoms with E-state index in [4.69, 9.17) is 5.73 Å². The lowest BCUT2D eigenvalue weighted by atomic mass is 9.82. The minimum atomic E-state index is -2.67. The molecule has 1 aliphatic carbocycles. The number of pyridine rings is 1. The van der Waals surface area contributed by atoms with Crippen LogP contribution >= 0.6 is 15.9 Å². The Kier molecular flexibility index (Phi) is 5.43. The van der Waals surface area contributed by atoms with Crippen LogP contribution < -0.4 is 5.73 Å². The second-order valence-electron chi connectivity index (χ2n) is 8.46. The van der Waals surface area contributed by atoms with Crippen LogP contribution in [0.3, 0.4) is 0 Å². The van der Waals surface area contributed by atoms with Crippen LogP contribution in [0.2, 0.25) is 0 Å². The molecular formula is C22H26BrFN4OS. The minimum Gasteiger partial charge on any atom is -0.369 e. The largest absolute Gasteiger partial charge is 0.369 e. The maximum Gasteiger partial charge on any atom is 0.203 e. The zero-order chi connectivity index (χ0) is 21.7. The Hall–Kier alpha value is -1.93. The van der Waals surface area contributed by atoms with Crippen LogP contribution in [0.15, 0.2) is 39.9 Å². The van der Waals surface area contributed by atoms with Gasteiger partial charge in [0.1, 0.15) is 11.4 Å². The number of fused-ring (bicyclic) bond motifs is 1. The van der Waals surface area contributed by atoms with E-state index in [1.165, 1.54) is 15.9 Å². The third-order valence-corrected chi connectivity index (χ3v) is 8.77. The maximum absolute atomic E-state index is 14.9. The van der Waals surface area contributed by atoms with Crippen molar-refractivity contribution in [3.8, 4) is 0 Å². The van der Waals surface area contributed by atoms with Crippen molar-refractivity contribution in [2.24, 2.45) is 10.7 Å². The van der Waals surface area contributed by atoms with Gasteiger partial charge >= 0.3 is 0 Å². The van der Waals surface area contributed by atoms with Crippen molar-refractivity contribution in [1.82, 2.24) is 9.29 Å². The van der Waals surface area contributed by atoms with Gasteiger partial charge in [0, 0.05) is 34.9 Å². The van der Waals surface area contributed by atoms with Crippen molar-refractivity contribution < 1.29 is 8.60 Å². The molecule has 160 valence electrons. The summed E-state index contributed by atoms with van der Waals surface area (Å²) in [6.45, 7) is 1.77. The Morgan fingerprint density at radius 3 is 2.93 bits per heavy atom. The van der Waals surface area contributed by atoms with Gasteiger partial charge in [-0.25, -0.2) is 13.6 Å². The molecule has 1 aromatic carbocycles. The Bertz CT molecular complexity index is 1130. The van der Waals surface area contributed by atoms with E-state index in [0.717, 1.165) is 41.4 Å². The fourth-order valence-corrected chi connectivity index (χ4v) is 6.58. The molecule has 0 saturated heterocycles. The fraction of sp³-hybridized carbons (Fsp3) is 0.409. The van der Waals surface area contributed by atoms with E-state index in [1.54, 1.807) is 14.0 Å². The van der Waals surface area contributed by atoms with Crippen molar-refractivity contribution in [3.05, 3.63) is 63.1 Å². The van der Waals surface area contributed by atoms with Gasteiger partial charge < -0.3 is 5.73 Å². The third-order valence-electron chi connectivity index (χ3n) is 6.14. The van der Waals surface area contributed by atoms with Gasteiger partial charge in [-0.05, 0) is 77.7 Å². The summed E-state index contributed by atoms with van der Waals surface area (Å²) in [6.07, 6.45) is 5.80. The third kappa shape index (κ3) is 3.87. The van der Waals surface area contributed by atoms with E-state index < -0.39 is 15.2 Å². The lowest BCUT2D eigenvalue weighted by molar-refractivity contribution is 0.479. The fourth-order valence-electron chi connectivity index (χ4n) is 4.53. The second kappa shape index (κ2) is 7.64. The monoisotopic (exact) mass is 492 g/mol. The molecule has 2 aromatic rings. The van der Waals surface area contributed by atoms with Gasteiger partial charge in [-0.15, -0.1) is 0 Å². The molecule has 4 rings (SSSR count). The first-order valence-corrected chi connectivity index (χ1v) is 12.6. The van der Waals surface area contributed by atoms with Gasteiger partial charge in [0.2, 0.25) is 5.96 Å². The van der Waals surface area contributed by atoms with Crippen LogP contribution in [0.25, 0.3) is 0 Å². The van der Waals surface area contributed by atoms with Crippen molar-refractivity contribution in [2.75, 3.05) is 12.8 Å². The van der Waals surface area contributed by atoms with Gasteiger partial charge in [-0.2, -0.15) is 0 Å². The van der Waals surface area contributed by atoms with E-state index in [0.29, 0.717) is 5.56 Å². The van der Waals surface area contributed by atoms with Gasteiger partial charge in [0.05, 0.1) is 15.5 Å². The molecule has 30 heavy (non-hydrogen) atoms. The first-order valence-electron chi connectivity index (χ1n) is 9.96. The molecule has 8 heteroatoms. The SMILES string of the molecule is C=S1(=O)C[C@@](C)(c2cc(C[C@H]3CCCc4cc(Br)cnc43)ccc2F)N=C(N)N1C. The molecule has 2 N–H and O–H groups in total. The lowest BCUT2D eigenvalue weighted by Gasteiger charge is -2.37. The Morgan fingerprint density at radius 2 is 2.20 bits per heavy atom. The average Bonchev–Trinajstić information content (AvgIpc) is 2.67. The number of aromatic nitrogens is 1. The zero-order valence-corrected chi connectivity index (χ0v) is 19.6. The predicted molar refractivity (Wildman–Crippen MR) is 125 cm³/mol. The molecule has 1 unspecified atom stereocenters. The number of hydrogen-bond donors (Lipinski definition) is 1. The highest BCUT2D eigenvalue weighted by Crippen LogP contribution is 2.37. The van der Waals surface area contributed by atoms with Crippen molar-refractivity contribution >= 4 is 37.5 Å². The molecule has 1 aliphatic heterocycles. The molecule has 0 fully saturated rings. The molecule has 3 atom stereocenters. The Balaban J connectivity index is 1.69. The number of aryl methyl sites for hydroxylation is 1. The lowest BCUT2D eigenvalue weighted by Crippen LogP contribution is -2.50. The van der Waals surface area contributed by atoms with Crippen LogP contribution in [0.4, 0.5) is 4.39 Å². The molecular weight excluding hydrogens is 467 g/mol. The second-order valence-corrected chi connectivity index (χ2v) is 11.8. The number of nitrogens with two attached hydrogens (primary N) is 1. The number of rotatable bonds is 3. The summed E-state index contributed by atoms with van der Waals surface area (Å²) in [7, 11) is -1.07. The van der Waals surface area contributed by atoms with Crippen LogP contribution in [-0.2, 0) is 28.1 Å². The van der Waals surface area contributed by atoms with Gasteiger partial charge in [-0.1, -0.05) is 12.1 Å². The molecule has 0 bridgehead atoms. The van der Waals surface area contributed by atoms with Crippen molar-refractivity contribution in [3.63, 3.8) is 0 Å². The summed E-state index contributed by atoms with van der Waals surface area (Å²) in [5, 5.41) is 0. The average molecular weight is 493 g/mol. The van der Waals surface area contributed by atoms with Crippen LogP contribution in [0.5, 0.6) is 0 Å². The Labute approximate surface area is 185 Å². The number of hydrogen-bond acceptors (Lipinski definition) is 4. The number of guanidine groups is 1. The summed E-state index contributed by atoms with van der Waals surface area (Å²) in [6, 6.07) is 7.29. The molecule has 0 spiro atoms. The van der Waals surface area contributed by atoms with E-state index >= 15 is 0 Å². The van der Waals surface area contributed by atoms with Crippen LogP contribution in [0.1, 0.15) is 48.1 Å². The first kappa shape index (κ1) is 21.3. The molecule has 1 aromatic heterocycles. The van der Waals surface area contributed by atoms with Gasteiger partial charge in [0.15, 0.2) is 0 Å². The number of halogens is 2. The number of benzene rings is 1. The smallest absolute Gasteiger partial charge is 0.203 e. The predicted octanol–water partition coefficient (Wildman–Crippen LogP) is 3.75. The van der Waals surface area contributed by atoms with Crippen molar-refractivity contribution in [1.29, 1.82) is 0 Å². The topological polar surface area (TPSA) is 71.6 Å². The van der Waals surface area contributed by atoms with E-state index in [-0.39, 0.29) is 23.4 Å². The summed E-state index contributed by atoms with van der Waals surface area (Å²) in [5.41, 5.74) is 8.79. The van der Waals surface area contributed by atoms with Crippen molar-refractivity contribution in [2.45, 2.75) is 44.1 Å².